The maximum atomic E-state index is 9.23. The first kappa shape index (κ1) is 14.6. The van der Waals surface area contributed by atoms with Crippen molar-refractivity contribution in [3.8, 4) is 0 Å². The van der Waals surface area contributed by atoms with Crippen LogP contribution in [-0.4, -0.2) is 50.6 Å². The van der Waals surface area contributed by atoms with Gasteiger partial charge in [0.15, 0.2) is 0 Å². The Morgan fingerprint density at radius 2 is 1.78 bits per heavy atom. The van der Waals surface area contributed by atoms with Gasteiger partial charge < -0.3 is 26.4 Å². The van der Waals surface area contributed by atoms with Crippen LogP contribution in [0.2, 0.25) is 0 Å². The van der Waals surface area contributed by atoms with Crippen molar-refractivity contribution in [1.29, 1.82) is 0 Å². The number of hydrogen-bond acceptors (Lipinski definition) is 7. The minimum absolute atomic E-state index is 0.0980. The Morgan fingerprint density at radius 1 is 1.22 bits per heavy atom. The van der Waals surface area contributed by atoms with Gasteiger partial charge in [-0.25, -0.2) is 9.97 Å². The summed E-state index contributed by atoms with van der Waals surface area (Å²) in [5, 5.41) is 30.5. The van der Waals surface area contributed by atoms with Gasteiger partial charge >= 0.3 is 0 Å². The molecule has 7 heteroatoms. The maximum Gasteiger partial charge on any atom is 0.135 e. The maximum absolute atomic E-state index is 9.23. The van der Waals surface area contributed by atoms with Crippen LogP contribution < -0.4 is 11.1 Å². The second kappa shape index (κ2) is 5.94. The summed E-state index contributed by atoms with van der Waals surface area (Å²) in [7, 11) is 0. The Bertz CT molecular complexity index is 386. The van der Waals surface area contributed by atoms with Gasteiger partial charge in [0.05, 0.1) is 19.8 Å². The van der Waals surface area contributed by atoms with Crippen molar-refractivity contribution in [2.75, 3.05) is 30.9 Å². The molecule has 0 fully saturated rings. The van der Waals surface area contributed by atoms with Crippen LogP contribution in [-0.2, 0) is 0 Å². The quantitative estimate of drug-likeness (QED) is 0.456. The van der Waals surface area contributed by atoms with Crippen LogP contribution in [0.3, 0.4) is 0 Å². The van der Waals surface area contributed by atoms with Crippen molar-refractivity contribution in [1.82, 2.24) is 9.97 Å². The zero-order valence-electron chi connectivity index (χ0n) is 10.6. The lowest BCUT2D eigenvalue weighted by Gasteiger charge is -2.29. The molecule has 18 heavy (non-hydrogen) atoms. The molecule has 0 radical (unpaired) electrons. The van der Waals surface area contributed by atoms with E-state index in [1.807, 2.05) is 13.8 Å². The molecule has 0 amide bonds. The lowest BCUT2D eigenvalue weighted by Crippen LogP contribution is -2.49. The zero-order chi connectivity index (χ0) is 13.8. The van der Waals surface area contributed by atoms with Gasteiger partial charge in [0.2, 0.25) is 0 Å². The van der Waals surface area contributed by atoms with Crippen LogP contribution in [0.5, 0.6) is 0 Å². The fourth-order valence-electron chi connectivity index (χ4n) is 1.35. The van der Waals surface area contributed by atoms with E-state index < -0.39 is 25.4 Å². The first-order valence-electron chi connectivity index (χ1n) is 5.71. The largest absolute Gasteiger partial charge is 0.394 e. The number of nitrogen functional groups attached to an aromatic ring is 1. The van der Waals surface area contributed by atoms with Crippen molar-refractivity contribution in [2.24, 2.45) is 0 Å². The van der Waals surface area contributed by atoms with Crippen molar-refractivity contribution in [3.05, 3.63) is 11.9 Å². The van der Waals surface area contributed by atoms with Crippen LogP contribution >= 0.6 is 0 Å². The summed E-state index contributed by atoms with van der Waals surface area (Å²) in [5.41, 5.74) is 4.43. The average Bonchev–Trinajstić information content (AvgIpc) is 2.35. The van der Waals surface area contributed by atoms with E-state index in [0.29, 0.717) is 17.5 Å². The normalized spacial score (nSPS) is 11.9. The van der Waals surface area contributed by atoms with Crippen LogP contribution in [0, 0.1) is 0 Å². The van der Waals surface area contributed by atoms with Gasteiger partial charge in [-0.05, 0) is 0 Å². The van der Waals surface area contributed by atoms with Crippen LogP contribution in [0.1, 0.15) is 25.6 Å². The third kappa shape index (κ3) is 3.28. The van der Waals surface area contributed by atoms with Crippen molar-refractivity contribution >= 4 is 11.6 Å². The summed E-state index contributed by atoms with van der Waals surface area (Å²) >= 11 is 0. The number of nitrogens with one attached hydrogen (secondary N) is 1. The number of aliphatic hydroxyl groups excluding tert-OH is 3. The number of rotatable bonds is 6. The number of hydrogen-bond donors (Lipinski definition) is 5. The molecule has 1 rings (SSSR count). The fourth-order valence-corrected chi connectivity index (χ4v) is 1.35. The van der Waals surface area contributed by atoms with Gasteiger partial charge in [-0.3, -0.25) is 0 Å². The standard InChI is InChI=1S/C11H20N4O3/c1-7(2)10-13-8(12)3-9(14-10)15-11(4-16,5-17)6-18/h3,7,16-18H,4-6H2,1-2H3,(H3,12,13,14,15). The van der Waals surface area contributed by atoms with E-state index in [1.165, 1.54) is 6.07 Å². The molecule has 0 saturated carbocycles. The molecule has 1 heterocycles. The molecule has 0 aliphatic heterocycles. The third-order valence-electron chi connectivity index (χ3n) is 2.58. The highest BCUT2D eigenvalue weighted by Gasteiger charge is 2.28. The summed E-state index contributed by atoms with van der Waals surface area (Å²) in [6, 6.07) is 1.49. The smallest absolute Gasteiger partial charge is 0.135 e. The molecule has 0 spiro atoms. The molecule has 0 saturated heterocycles. The second-order valence-electron chi connectivity index (χ2n) is 4.57. The van der Waals surface area contributed by atoms with E-state index in [9.17, 15) is 15.3 Å². The second-order valence-corrected chi connectivity index (χ2v) is 4.57. The molecule has 0 aromatic carbocycles. The number of anilines is 2. The summed E-state index contributed by atoms with van der Waals surface area (Å²) in [6.45, 7) is 2.56. The van der Waals surface area contributed by atoms with Crippen LogP contribution in [0.15, 0.2) is 6.07 Å². The topological polar surface area (TPSA) is 125 Å². The van der Waals surface area contributed by atoms with Gasteiger partial charge in [-0.2, -0.15) is 0 Å². The van der Waals surface area contributed by atoms with E-state index in [0.717, 1.165) is 0 Å². The molecule has 1 aromatic rings. The van der Waals surface area contributed by atoms with E-state index in [-0.39, 0.29) is 5.92 Å². The Hall–Kier alpha value is -1.44. The Balaban J connectivity index is 3.03. The Labute approximate surface area is 106 Å². The van der Waals surface area contributed by atoms with Crippen molar-refractivity contribution in [3.63, 3.8) is 0 Å². The molecule has 1 aromatic heterocycles. The van der Waals surface area contributed by atoms with Gasteiger partial charge in [0.25, 0.3) is 0 Å². The molecule has 0 unspecified atom stereocenters. The van der Waals surface area contributed by atoms with Crippen molar-refractivity contribution in [2.45, 2.75) is 25.3 Å². The van der Waals surface area contributed by atoms with Gasteiger partial charge in [-0.15, -0.1) is 0 Å². The molecule has 0 atom stereocenters. The van der Waals surface area contributed by atoms with Gasteiger partial charge in [-0.1, -0.05) is 13.8 Å². The van der Waals surface area contributed by atoms with Gasteiger partial charge in [0.1, 0.15) is 23.0 Å². The third-order valence-corrected chi connectivity index (χ3v) is 2.58. The van der Waals surface area contributed by atoms with Crippen LogP contribution in [0.25, 0.3) is 0 Å². The molecule has 102 valence electrons. The monoisotopic (exact) mass is 256 g/mol. The average molecular weight is 256 g/mol. The van der Waals surface area contributed by atoms with Gasteiger partial charge in [0, 0.05) is 12.0 Å². The Morgan fingerprint density at radius 3 is 2.22 bits per heavy atom. The zero-order valence-corrected chi connectivity index (χ0v) is 10.6. The number of aromatic nitrogens is 2. The first-order valence-corrected chi connectivity index (χ1v) is 5.71. The summed E-state index contributed by atoms with van der Waals surface area (Å²) < 4.78 is 0. The number of aliphatic hydroxyl groups is 3. The summed E-state index contributed by atoms with van der Waals surface area (Å²) in [6.07, 6.45) is 0. The number of nitrogens with two attached hydrogens (primary N) is 1. The molecule has 6 N–H and O–H groups in total. The highest BCUT2D eigenvalue weighted by Crippen LogP contribution is 2.18. The molecule has 0 aliphatic rings. The SMILES string of the molecule is CC(C)c1nc(N)cc(NC(CO)(CO)CO)n1. The van der Waals surface area contributed by atoms with Crippen molar-refractivity contribution < 1.29 is 15.3 Å². The van der Waals surface area contributed by atoms with E-state index in [4.69, 9.17) is 5.73 Å². The summed E-state index contributed by atoms with van der Waals surface area (Å²) in [5.74, 6) is 1.31. The Kier molecular flexibility index (Phi) is 4.83. The molecular formula is C11H20N4O3. The molecule has 7 nitrogen and oxygen atoms in total. The van der Waals surface area contributed by atoms with E-state index in [2.05, 4.69) is 15.3 Å². The fraction of sp³-hybridized carbons (Fsp3) is 0.636. The predicted octanol–water partition coefficient (Wildman–Crippen LogP) is -0.690. The van der Waals surface area contributed by atoms with E-state index in [1.54, 1.807) is 0 Å². The highest BCUT2D eigenvalue weighted by atomic mass is 16.3. The minimum Gasteiger partial charge on any atom is -0.394 e. The molecule has 0 bridgehead atoms. The minimum atomic E-state index is -1.23. The lowest BCUT2D eigenvalue weighted by molar-refractivity contribution is 0.0831. The first-order chi connectivity index (χ1) is 8.46. The predicted molar refractivity (Wildman–Crippen MR) is 68.1 cm³/mol. The van der Waals surface area contributed by atoms with E-state index >= 15 is 0 Å². The van der Waals surface area contributed by atoms with Crippen LogP contribution in [0.4, 0.5) is 11.6 Å². The molecular weight excluding hydrogens is 236 g/mol. The number of nitrogens with zero attached hydrogens (tertiary/aromatic N) is 2. The lowest BCUT2D eigenvalue weighted by atomic mass is 10.0. The highest BCUT2D eigenvalue weighted by molar-refractivity contribution is 5.47. The summed E-state index contributed by atoms with van der Waals surface area (Å²) in [4.78, 5) is 8.31. The molecule has 0 aliphatic carbocycles.